The molecule has 0 aliphatic rings. The quantitative estimate of drug-likeness (QED) is 0.605. The van der Waals surface area contributed by atoms with E-state index < -0.39 is 0 Å². The van der Waals surface area contributed by atoms with Crippen LogP contribution in [0.4, 0.5) is 0 Å². The molecule has 4 nitrogen and oxygen atoms in total. The Morgan fingerprint density at radius 3 is 2.90 bits per heavy atom. The van der Waals surface area contributed by atoms with Crippen LogP contribution >= 0.6 is 0 Å². The van der Waals surface area contributed by atoms with Crippen LogP contribution in [-0.4, -0.2) is 9.55 Å². The van der Waals surface area contributed by atoms with Crippen LogP contribution in [0.5, 0.6) is 0 Å². The first-order valence-electron chi connectivity index (χ1n) is 3.07. The topological polar surface area (TPSA) is 53.1 Å². The zero-order valence-electron chi connectivity index (χ0n) is 6.11. The lowest BCUT2D eigenvalue weighted by atomic mass is 10.3. The van der Waals surface area contributed by atoms with Gasteiger partial charge in [0.25, 0.3) is 0 Å². The van der Waals surface area contributed by atoms with Gasteiger partial charge < -0.3 is 4.57 Å². The molecule has 1 atom stereocenters. The van der Waals surface area contributed by atoms with E-state index in [4.69, 9.17) is 5.90 Å². The third-order valence-electron chi connectivity index (χ3n) is 1.47. The predicted molar refractivity (Wildman–Crippen MR) is 36.9 cm³/mol. The number of hydrogen-bond donors (Lipinski definition) is 1. The molecule has 4 heteroatoms. The summed E-state index contributed by atoms with van der Waals surface area (Å²) in [6, 6.07) is 0. The van der Waals surface area contributed by atoms with Gasteiger partial charge >= 0.3 is 0 Å². The third-order valence-corrected chi connectivity index (χ3v) is 1.47. The first-order chi connectivity index (χ1) is 4.75. The van der Waals surface area contributed by atoms with Crippen molar-refractivity contribution in [3.05, 3.63) is 18.2 Å². The normalized spacial score (nSPS) is 13.5. The number of nitrogens with zero attached hydrogens (tertiary/aromatic N) is 2. The van der Waals surface area contributed by atoms with Crippen molar-refractivity contribution in [1.29, 1.82) is 0 Å². The summed E-state index contributed by atoms with van der Waals surface area (Å²) in [6.07, 6.45) is 3.36. The first kappa shape index (κ1) is 7.24. The first-order valence-corrected chi connectivity index (χ1v) is 3.07. The molecule has 0 fully saturated rings. The maximum atomic E-state index is 4.99. The Kier molecular flexibility index (Phi) is 2.03. The summed E-state index contributed by atoms with van der Waals surface area (Å²) in [7, 11) is 1.90. The molecule has 1 aromatic rings. The fraction of sp³-hybridized carbons (Fsp3) is 0.500. The van der Waals surface area contributed by atoms with Gasteiger partial charge in [0.05, 0.1) is 18.2 Å². The molecular formula is C6H11N3O. The molecule has 0 saturated heterocycles. The van der Waals surface area contributed by atoms with Gasteiger partial charge in [-0.15, -0.1) is 0 Å². The van der Waals surface area contributed by atoms with Crippen LogP contribution in [0.2, 0.25) is 0 Å². The van der Waals surface area contributed by atoms with Crippen molar-refractivity contribution in [2.75, 3.05) is 0 Å². The van der Waals surface area contributed by atoms with E-state index in [-0.39, 0.29) is 6.10 Å². The smallest absolute Gasteiger partial charge is 0.117 e. The highest BCUT2D eigenvalue weighted by molar-refractivity contribution is 5.00. The third kappa shape index (κ3) is 1.17. The largest absolute Gasteiger partial charge is 0.335 e. The van der Waals surface area contributed by atoms with E-state index in [9.17, 15) is 0 Å². The summed E-state index contributed by atoms with van der Waals surface area (Å²) < 4.78 is 1.87. The number of imidazole rings is 1. The minimum atomic E-state index is -0.0903. The van der Waals surface area contributed by atoms with E-state index >= 15 is 0 Å². The summed E-state index contributed by atoms with van der Waals surface area (Å²) in [4.78, 5) is 8.53. The maximum Gasteiger partial charge on any atom is 0.117 e. The molecule has 1 heterocycles. The molecule has 10 heavy (non-hydrogen) atoms. The number of rotatable bonds is 2. The van der Waals surface area contributed by atoms with E-state index in [1.54, 1.807) is 12.5 Å². The van der Waals surface area contributed by atoms with Crippen LogP contribution < -0.4 is 5.90 Å². The fourth-order valence-electron chi connectivity index (χ4n) is 0.829. The molecule has 0 bridgehead atoms. The van der Waals surface area contributed by atoms with E-state index in [0.29, 0.717) is 0 Å². The molecule has 0 amide bonds. The Labute approximate surface area is 59.6 Å². The molecule has 0 aliphatic carbocycles. The molecule has 0 saturated carbocycles. The van der Waals surface area contributed by atoms with Crippen LogP contribution in [0.3, 0.4) is 0 Å². The molecular weight excluding hydrogens is 130 g/mol. The highest BCUT2D eigenvalue weighted by Gasteiger charge is 2.06. The Balaban J connectivity index is 2.82. The highest BCUT2D eigenvalue weighted by atomic mass is 16.6. The second-order valence-corrected chi connectivity index (χ2v) is 2.21. The molecule has 0 radical (unpaired) electrons. The van der Waals surface area contributed by atoms with E-state index in [2.05, 4.69) is 9.82 Å². The average Bonchev–Trinajstić information content (AvgIpc) is 2.34. The Morgan fingerprint density at radius 2 is 2.50 bits per heavy atom. The summed E-state index contributed by atoms with van der Waals surface area (Å²) in [5.41, 5.74) is 0.975. The van der Waals surface area contributed by atoms with Crippen LogP contribution in [0.15, 0.2) is 12.5 Å². The maximum absolute atomic E-state index is 4.99. The van der Waals surface area contributed by atoms with Crippen molar-refractivity contribution in [3.8, 4) is 0 Å². The lowest BCUT2D eigenvalue weighted by Gasteiger charge is -2.07. The van der Waals surface area contributed by atoms with Crippen molar-refractivity contribution < 1.29 is 4.84 Å². The van der Waals surface area contributed by atoms with E-state index in [1.807, 2.05) is 18.5 Å². The average molecular weight is 141 g/mol. The van der Waals surface area contributed by atoms with E-state index in [1.165, 1.54) is 0 Å². The molecule has 2 N–H and O–H groups in total. The minimum Gasteiger partial charge on any atom is -0.335 e. The predicted octanol–water partition coefficient (Wildman–Crippen LogP) is 0.371. The summed E-state index contributed by atoms with van der Waals surface area (Å²) in [5, 5.41) is 0. The second-order valence-electron chi connectivity index (χ2n) is 2.21. The summed E-state index contributed by atoms with van der Waals surface area (Å²) in [5.74, 6) is 4.99. The van der Waals surface area contributed by atoms with Gasteiger partial charge in [-0.25, -0.2) is 10.9 Å². The standard InChI is InChI=1S/C6H11N3O/c1-5(10-7)6-3-8-4-9(6)2/h3-5H,7H2,1-2H3. The SMILES string of the molecule is CC(ON)c1cncn1C. The van der Waals surface area contributed by atoms with Gasteiger partial charge in [0, 0.05) is 7.05 Å². The van der Waals surface area contributed by atoms with Crippen LogP contribution in [0.1, 0.15) is 18.7 Å². The molecule has 1 unspecified atom stereocenters. The molecule has 0 spiro atoms. The summed E-state index contributed by atoms with van der Waals surface area (Å²) in [6.45, 7) is 1.87. The summed E-state index contributed by atoms with van der Waals surface area (Å²) >= 11 is 0. The zero-order chi connectivity index (χ0) is 7.56. The van der Waals surface area contributed by atoms with Gasteiger partial charge in [0.2, 0.25) is 0 Å². The number of aromatic nitrogens is 2. The number of hydrogen-bond acceptors (Lipinski definition) is 3. The zero-order valence-corrected chi connectivity index (χ0v) is 6.11. The molecule has 0 aromatic carbocycles. The van der Waals surface area contributed by atoms with Gasteiger partial charge in [-0.2, -0.15) is 0 Å². The Bertz CT molecular complexity index is 209. The molecule has 56 valence electrons. The van der Waals surface area contributed by atoms with Crippen molar-refractivity contribution in [1.82, 2.24) is 9.55 Å². The van der Waals surface area contributed by atoms with Gasteiger partial charge in [-0.1, -0.05) is 0 Å². The number of nitrogens with two attached hydrogens (primary N) is 1. The molecule has 0 aliphatic heterocycles. The highest BCUT2D eigenvalue weighted by Crippen LogP contribution is 2.11. The van der Waals surface area contributed by atoms with Gasteiger partial charge in [0.15, 0.2) is 0 Å². The van der Waals surface area contributed by atoms with E-state index in [0.717, 1.165) is 5.69 Å². The van der Waals surface area contributed by atoms with Crippen LogP contribution in [-0.2, 0) is 11.9 Å². The Hall–Kier alpha value is -0.870. The Morgan fingerprint density at radius 1 is 1.80 bits per heavy atom. The van der Waals surface area contributed by atoms with Crippen molar-refractivity contribution in [3.63, 3.8) is 0 Å². The van der Waals surface area contributed by atoms with Crippen LogP contribution in [0.25, 0.3) is 0 Å². The van der Waals surface area contributed by atoms with Crippen molar-refractivity contribution >= 4 is 0 Å². The van der Waals surface area contributed by atoms with Crippen LogP contribution in [0, 0.1) is 0 Å². The van der Waals surface area contributed by atoms with Gasteiger partial charge in [0.1, 0.15) is 6.10 Å². The molecule has 1 rings (SSSR count). The lowest BCUT2D eigenvalue weighted by molar-refractivity contribution is 0.0614. The fourth-order valence-corrected chi connectivity index (χ4v) is 0.829. The van der Waals surface area contributed by atoms with Crippen molar-refractivity contribution in [2.45, 2.75) is 13.0 Å². The number of aryl methyl sites for hydroxylation is 1. The van der Waals surface area contributed by atoms with Crippen molar-refractivity contribution in [2.24, 2.45) is 12.9 Å². The second kappa shape index (κ2) is 2.81. The monoisotopic (exact) mass is 141 g/mol. The van der Waals surface area contributed by atoms with Gasteiger partial charge in [-0.3, -0.25) is 4.84 Å². The molecule has 1 aromatic heterocycles. The van der Waals surface area contributed by atoms with Gasteiger partial charge in [-0.05, 0) is 6.92 Å². The minimum absolute atomic E-state index is 0.0903. The lowest BCUT2D eigenvalue weighted by Crippen LogP contribution is -2.08.